The molecule has 0 bridgehead atoms. The number of hydrogen-bond acceptors (Lipinski definition) is 6. The van der Waals surface area contributed by atoms with Crippen molar-refractivity contribution in [3.8, 4) is 38.8 Å². The van der Waals surface area contributed by atoms with E-state index in [1.54, 1.807) is 34.3 Å². The van der Waals surface area contributed by atoms with Crippen molar-refractivity contribution in [3.63, 3.8) is 0 Å². The highest BCUT2D eigenvalue weighted by Gasteiger charge is 2.26. The molecule has 0 fully saturated rings. The van der Waals surface area contributed by atoms with Crippen LogP contribution < -0.4 is 15.0 Å². The second kappa shape index (κ2) is 7.66. The largest absolute Gasteiger partial charge is 0.505 e. The zero-order valence-electron chi connectivity index (χ0n) is 16.8. The van der Waals surface area contributed by atoms with Crippen molar-refractivity contribution < 1.29 is 14.6 Å². The number of ether oxygens (including phenoxy) is 2. The predicted octanol–water partition coefficient (Wildman–Crippen LogP) is 5.01. The normalized spacial score (nSPS) is 11.1. The van der Waals surface area contributed by atoms with E-state index < -0.39 is 5.56 Å². The van der Waals surface area contributed by atoms with Gasteiger partial charge in [-0.05, 0) is 31.2 Å². The van der Waals surface area contributed by atoms with Crippen LogP contribution in [-0.2, 0) is 7.05 Å². The molecule has 4 aromatic rings. The van der Waals surface area contributed by atoms with Gasteiger partial charge >= 0.3 is 0 Å². The Bertz CT molecular complexity index is 1340. The Morgan fingerprint density at radius 1 is 1.07 bits per heavy atom. The third kappa shape index (κ3) is 3.02. The molecule has 0 amide bonds. The summed E-state index contributed by atoms with van der Waals surface area (Å²) in [6, 6.07) is 11.1. The average molecular weight is 443 g/mol. The zero-order chi connectivity index (χ0) is 21.6. The van der Waals surface area contributed by atoms with Crippen molar-refractivity contribution in [3.05, 3.63) is 57.5 Å². The van der Waals surface area contributed by atoms with Crippen molar-refractivity contribution in [1.29, 1.82) is 0 Å². The molecule has 8 heteroatoms. The summed E-state index contributed by atoms with van der Waals surface area (Å²) in [6.07, 6.45) is 0. The molecule has 0 saturated carbocycles. The summed E-state index contributed by atoms with van der Waals surface area (Å²) < 4.78 is 12.9. The monoisotopic (exact) mass is 442 g/mol. The molecular weight excluding hydrogens is 424 g/mol. The van der Waals surface area contributed by atoms with Crippen LogP contribution in [0.15, 0.2) is 41.2 Å². The molecule has 1 N–H and O–H groups in total. The molecule has 0 spiro atoms. The molecule has 6 nitrogen and oxygen atoms in total. The zero-order valence-corrected chi connectivity index (χ0v) is 18.4. The number of aryl methyl sites for hydroxylation is 2. The topological polar surface area (TPSA) is 73.6 Å². The van der Waals surface area contributed by atoms with Gasteiger partial charge in [0, 0.05) is 28.4 Å². The lowest BCUT2D eigenvalue weighted by atomic mass is 9.98. The van der Waals surface area contributed by atoms with Crippen LogP contribution in [-0.4, -0.2) is 29.1 Å². The second-order valence-electron chi connectivity index (χ2n) is 6.70. The van der Waals surface area contributed by atoms with Crippen molar-refractivity contribution in [2.45, 2.75) is 6.92 Å². The number of methoxy groups -OCH3 is 2. The van der Waals surface area contributed by atoms with Crippen molar-refractivity contribution in [2.75, 3.05) is 14.2 Å². The molecule has 4 rings (SSSR count). The molecule has 0 aliphatic heterocycles. The van der Waals surface area contributed by atoms with E-state index in [0.29, 0.717) is 27.8 Å². The van der Waals surface area contributed by atoms with Gasteiger partial charge in [-0.3, -0.25) is 4.79 Å². The van der Waals surface area contributed by atoms with E-state index in [1.807, 2.05) is 30.3 Å². The first-order valence-electron chi connectivity index (χ1n) is 9.08. The summed E-state index contributed by atoms with van der Waals surface area (Å²) >= 11 is 8.03. The van der Waals surface area contributed by atoms with Gasteiger partial charge in [0.1, 0.15) is 22.2 Å². The van der Waals surface area contributed by atoms with Gasteiger partial charge in [-0.25, -0.2) is 4.68 Å². The molecule has 0 unspecified atom stereocenters. The molecule has 2 aromatic heterocycles. The molecule has 154 valence electrons. The maximum Gasteiger partial charge on any atom is 0.278 e. The summed E-state index contributed by atoms with van der Waals surface area (Å²) in [5, 5.41) is 16.1. The van der Waals surface area contributed by atoms with E-state index in [2.05, 4.69) is 5.10 Å². The fraction of sp³-hybridized carbons (Fsp3) is 0.182. The first kappa shape index (κ1) is 20.3. The lowest BCUT2D eigenvalue weighted by molar-refractivity contribution is 0.415. The lowest BCUT2D eigenvalue weighted by Gasteiger charge is -2.12. The van der Waals surface area contributed by atoms with E-state index in [4.69, 9.17) is 21.1 Å². The van der Waals surface area contributed by atoms with Gasteiger partial charge in [-0.2, -0.15) is 5.10 Å². The molecule has 0 radical (unpaired) electrons. The van der Waals surface area contributed by atoms with Gasteiger partial charge in [0.15, 0.2) is 5.75 Å². The van der Waals surface area contributed by atoms with E-state index in [-0.39, 0.29) is 11.3 Å². The highest BCUT2D eigenvalue weighted by molar-refractivity contribution is 7.23. The van der Waals surface area contributed by atoms with Crippen molar-refractivity contribution in [2.24, 2.45) is 7.05 Å². The Morgan fingerprint density at radius 2 is 1.77 bits per heavy atom. The minimum atomic E-state index is -0.402. The second-order valence-corrected chi connectivity index (χ2v) is 8.10. The van der Waals surface area contributed by atoms with Gasteiger partial charge in [0.05, 0.1) is 24.5 Å². The van der Waals surface area contributed by atoms with Crippen molar-refractivity contribution >= 4 is 33.0 Å². The quantitative estimate of drug-likeness (QED) is 0.480. The van der Waals surface area contributed by atoms with E-state index in [9.17, 15) is 9.90 Å². The standard InChI is InChI=1S/C22H19ClN2O4S/c1-11-19(26)17(22(27)25(2)24-11)16-13-9-10-15(29-4)18(23)21(13)30-20(16)12-7-5-6-8-14(12)28-3/h5-10,26H,1-4H3. The Balaban J connectivity index is 2.22. The number of nitrogens with zero attached hydrogens (tertiary/aromatic N) is 2. The molecule has 30 heavy (non-hydrogen) atoms. The van der Waals surface area contributed by atoms with Crippen molar-refractivity contribution in [1.82, 2.24) is 9.78 Å². The van der Waals surface area contributed by atoms with Crippen LogP contribution in [0.25, 0.3) is 31.7 Å². The summed E-state index contributed by atoms with van der Waals surface area (Å²) in [5.41, 5.74) is 1.52. The number of aromatic nitrogens is 2. The van der Waals surface area contributed by atoms with E-state index in [1.165, 1.54) is 16.0 Å². The number of aromatic hydroxyl groups is 1. The fourth-order valence-electron chi connectivity index (χ4n) is 3.52. The number of fused-ring (bicyclic) bond motifs is 1. The third-order valence-electron chi connectivity index (χ3n) is 4.97. The first-order chi connectivity index (χ1) is 14.4. The van der Waals surface area contributed by atoms with E-state index >= 15 is 0 Å². The minimum absolute atomic E-state index is 0.152. The van der Waals surface area contributed by atoms with Crippen LogP contribution in [0, 0.1) is 6.92 Å². The number of para-hydroxylation sites is 1. The first-order valence-corrected chi connectivity index (χ1v) is 10.3. The van der Waals surface area contributed by atoms with Crippen LogP contribution in [0.5, 0.6) is 17.2 Å². The molecule has 2 aromatic carbocycles. The smallest absolute Gasteiger partial charge is 0.278 e. The van der Waals surface area contributed by atoms with Gasteiger partial charge in [0.25, 0.3) is 5.56 Å². The lowest BCUT2D eigenvalue weighted by Crippen LogP contribution is -2.22. The maximum atomic E-state index is 13.1. The summed E-state index contributed by atoms with van der Waals surface area (Å²) in [7, 11) is 4.71. The summed E-state index contributed by atoms with van der Waals surface area (Å²) in [5.74, 6) is 1.03. The Kier molecular flexibility index (Phi) is 5.17. The Labute approximate surface area is 181 Å². The number of thiophene rings is 1. The molecule has 0 aliphatic carbocycles. The number of benzene rings is 2. The summed E-state index contributed by atoms with van der Waals surface area (Å²) in [4.78, 5) is 13.8. The predicted molar refractivity (Wildman–Crippen MR) is 120 cm³/mol. The minimum Gasteiger partial charge on any atom is -0.505 e. The number of halogens is 1. The van der Waals surface area contributed by atoms with Gasteiger partial charge < -0.3 is 14.6 Å². The Morgan fingerprint density at radius 3 is 2.47 bits per heavy atom. The van der Waals surface area contributed by atoms with Gasteiger partial charge in [-0.15, -0.1) is 11.3 Å². The fourth-order valence-corrected chi connectivity index (χ4v) is 5.15. The van der Waals surface area contributed by atoms with Gasteiger partial charge in [0.2, 0.25) is 0 Å². The molecule has 2 heterocycles. The molecular formula is C22H19ClN2O4S. The molecule has 0 saturated heterocycles. The number of rotatable bonds is 4. The summed E-state index contributed by atoms with van der Waals surface area (Å²) in [6.45, 7) is 1.66. The highest BCUT2D eigenvalue weighted by atomic mass is 35.5. The van der Waals surface area contributed by atoms with Crippen LogP contribution >= 0.6 is 22.9 Å². The van der Waals surface area contributed by atoms with Crippen LogP contribution in [0.4, 0.5) is 0 Å². The molecule has 0 atom stereocenters. The molecule has 0 aliphatic rings. The average Bonchev–Trinajstić information content (AvgIpc) is 3.13. The highest BCUT2D eigenvalue weighted by Crippen LogP contribution is 2.51. The van der Waals surface area contributed by atoms with E-state index in [0.717, 1.165) is 20.5 Å². The third-order valence-corrected chi connectivity index (χ3v) is 6.71. The SMILES string of the molecule is COc1ccccc1-c1sc2c(Cl)c(OC)ccc2c1-c1c(O)c(C)nn(C)c1=O. The van der Waals surface area contributed by atoms with Crippen LogP contribution in [0.2, 0.25) is 5.02 Å². The Hall–Kier alpha value is -3.03. The number of hydrogen-bond donors (Lipinski definition) is 1. The van der Waals surface area contributed by atoms with Gasteiger partial charge in [-0.1, -0.05) is 23.7 Å². The maximum absolute atomic E-state index is 13.1. The van der Waals surface area contributed by atoms with Crippen LogP contribution in [0.1, 0.15) is 5.69 Å². The van der Waals surface area contributed by atoms with Crippen LogP contribution in [0.3, 0.4) is 0 Å².